The Hall–Kier alpha value is -4.29. The monoisotopic (exact) mass is 976 g/mol. The highest BCUT2D eigenvalue weighted by atomic mass is 32.1. The zero-order chi connectivity index (χ0) is 49.3. The summed E-state index contributed by atoms with van der Waals surface area (Å²) in [4.78, 5) is 4.30. The molecule has 4 rings (SSSR count). The molecule has 7 heteroatoms. The number of rotatable bonds is 14. The summed E-state index contributed by atoms with van der Waals surface area (Å²) < 4.78 is 9.47. The van der Waals surface area contributed by atoms with E-state index in [9.17, 15) is 0 Å². The lowest BCUT2D eigenvalue weighted by Gasteiger charge is -2.38. The molecule has 0 aliphatic heterocycles. The minimum Gasteiger partial charge on any atom is -0.172 e. The molecule has 3 heterocycles. The van der Waals surface area contributed by atoms with Gasteiger partial charge in [-0.25, -0.2) is 0 Å². The largest absolute Gasteiger partial charge is 0.172 e. The molecule has 0 radical (unpaired) electrons. The SMILES string of the molecule is CCCC(C#Cc1ccc(C#C[Si](C(C)C)(C(C)C)C(C)C)s1)=C(C#Cc1ccc(C#CC(CCC)=C(C#Cc2ccc(C#C[Si](C(C)C)(C(C)C)C(C)C)s2)CCC)c2nsnc12)CCC. The first-order valence-corrected chi connectivity index (χ1v) is 31.8. The zero-order valence-electron chi connectivity index (χ0n) is 43.7. The molecule has 0 bridgehead atoms. The minimum atomic E-state index is -1.81. The van der Waals surface area contributed by atoms with Crippen LogP contribution in [0.25, 0.3) is 11.0 Å². The molecule has 1 aromatic carbocycles. The Labute approximate surface area is 422 Å². The van der Waals surface area contributed by atoms with Gasteiger partial charge < -0.3 is 0 Å². The van der Waals surface area contributed by atoms with Crippen LogP contribution in [0.1, 0.15) is 193 Å². The van der Waals surface area contributed by atoms with Gasteiger partial charge in [-0.2, -0.15) is 8.75 Å². The molecule has 0 aliphatic carbocycles. The van der Waals surface area contributed by atoms with Gasteiger partial charge in [-0.15, -0.1) is 33.8 Å². The van der Waals surface area contributed by atoms with Gasteiger partial charge in [-0.05, 0) is 95.3 Å². The third-order valence-corrected chi connectivity index (χ3v) is 28.2. The fourth-order valence-corrected chi connectivity index (χ4v) is 22.5. The second-order valence-electron chi connectivity index (χ2n) is 19.7. The highest BCUT2D eigenvalue weighted by molar-refractivity contribution is 7.13. The quantitative estimate of drug-likeness (QED) is 0.0929. The molecule has 0 fully saturated rings. The van der Waals surface area contributed by atoms with Crippen LogP contribution < -0.4 is 0 Å². The summed E-state index contributed by atoms with van der Waals surface area (Å²) in [6.45, 7) is 37.2. The highest BCUT2D eigenvalue weighted by Crippen LogP contribution is 2.42. The van der Waals surface area contributed by atoms with Crippen LogP contribution in [0.15, 0.2) is 58.7 Å². The number of benzene rings is 1. The summed E-state index contributed by atoms with van der Waals surface area (Å²) in [5, 5.41) is 0. The maximum Gasteiger partial charge on any atom is 0.146 e. The highest BCUT2D eigenvalue weighted by Gasteiger charge is 2.42. The van der Waals surface area contributed by atoms with Crippen LogP contribution in [0.3, 0.4) is 0 Å². The Morgan fingerprint density at radius 1 is 0.403 bits per heavy atom. The molecule has 0 saturated heterocycles. The number of thiophene rings is 2. The van der Waals surface area contributed by atoms with Crippen molar-refractivity contribution < 1.29 is 0 Å². The van der Waals surface area contributed by atoms with Crippen LogP contribution in [-0.2, 0) is 0 Å². The predicted molar refractivity (Wildman–Crippen MR) is 303 cm³/mol. The topological polar surface area (TPSA) is 25.8 Å². The fraction of sp³-hybridized carbons (Fsp3) is 0.500. The number of allylic oxidation sites excluding steroid dienone is 4. The third-order valence-electron chi connectivity index (χ3n) is 13.3. The van der Waals surface area contributed by atoms with Gasteiger partial charge in [0, 0.05) is 22.3 Å². The lowest BCUT2D eigenvalue weighted by Crippen LogP contribution is -2.43. The number of fused-ring (bicyclic) bond motifs is 1. The van der Waals surface area contributed by atoms with Crippen LogP contribution in [0.2, 0.25) is 33.2 Å². The Kier molecular flexibility index (Phi) is 21.8. The van der Waals surface area contributed by atoms with E-state index >= 15 is 0 Å². The summed E-state index contributed by atoms with van der Waals surface area (Å²) in [6, 6.07) is 12.7. The van der Waals surface area contributed by atoms with Crippen molar-refractivity contribution >= 4 is 61.6 Å². The van der Waals surface area contributed by atoms with Crippen LogP contribution in [-0.4, -0.2) is 24.9 Å². The van der Waals surface area contributed by atoms with Crippen molar-refractivity contribution in [3.63, 3.8) is 0 Å². The summed E-state index contributed by atoms with van der Waals surface area (Å²) in [5.74, 6) is 35.5. The molecule has 0 atom stereocenters. The van der Waals surface area contributed by atoms with E-state index in [1.165, 1.54) is 11.7 Å². The van der Waals surface area contributed by atoms with Gasteiger partial charge in [0.1, 0.15) is 27.2 Å². The van der Waals surface area contributed by atoms with E-state index < -0.39 is 16.1 Å². The Balaban J connectivity index is 1.68. The molecule has 4 aromatic rings. The maximum atomic E-state index is 4.73. The molecule has 0 amide bonds. The summed E-state index contributed by atoms with van der Waals surface area (Å²) in [7, 11) is -3.61. The molecule has 0 spiro atoms. The van der Waals surface area contributed by atoms with Crippen molar-refractivity contribution in [1.29, 1.82) is 0 Å². The first-order chi connectivity index (χ1) is 32.0. The molecule has 0 N–H and O–H groups in total. The van der Waals surface area contributed by atoms with Gasteiger partial charge in [-0.3, -0.25) is 0 Å². The zero-order valence-corrected chi connectivity index (χ0v) is 48.2. The predicted octanol–water partition coefficient (Wildman–Crippen LogP) is 17.6. The molecule has 0 saturated carbocycles. The summed E-state index contributed by atoms with van der Waals surface area (Å²) in [6.07, 6.45) is 7.52. The Bertz CT molecular complexity index is 2530. The van der Waals surface area contributed by atoms with Gasteiger partial charge in [0.25, 0.3) is 0 Å². The smallest absolute Gasteiger partial charge is 0.146 e. The average molecular weight is 978 g/mol. The standard InChI is InChI=1S/C60H76N2S3Si2/c1-17-21-49(51(23-19-3)31-33-55-35-37-57(63-55)39-41-66(43(5)6,44(7)8)45(9)10)25-27-53-29-30-54(60-59(53)61-65-62-60)28-26-50(22-18-2)52(24-20-4)32-34-56-36-38-58(64-56)40-42-67(46(11)12,47(13)14)48(15)16/h29-30,35-38,43-48H,17-24H2,1-16H3. The Morgan fingerprint density at radius 3 is 0.940 bits per heavy atom. The van der Waals surface area contributed by atoms with E-state index in [2.05, 4.69) is 217 Å². The third kappa shape index (κ3) is 14.1. The van der Waals surface area contributed by atoms with Crippen molar-refractivity contribution in [2.75, 3.05) is 0 Å². The van der Waals surface area contributed by atoms with Crippen molar-refractivity contribution in [3.05, 3.63) is 89.3 Å². The molecule has 3 aromatic heterocycles. The molecular formula is C60H76N2S3Si2. The van der Waals surface area contributed by atoms with Crippen LogP contribution in [0.4, 0.5) is 0 Å². The van der Waals surface area contributed by atoms with E-state index in [4.69, 9.17) is 8.75 Å². The lowest BCUT2D eigenvalue weighted by molar-refractivity contribution is 0.838. The van der Waals surface area contributed by atoms with Gasteiger partial charge in [0.15, 0.2) is 0 Å². The van der Waals surface area contributed by atoms with Gasteiger partial charge in [0.2, 0.25) is 0 Å². The molecular weight excluding hydrogens is 901 g/mol. The number of hydrogen-bond acceptors (Lipinski definition) is 5. The van der Waals surface area contributed by atoms with E-state index in [0.29, 0.717) is 33.2 Å². The second kappa shape index (κ2) is 26.5. The van der Waals surface area contributed by atoms with Gasteiger partial charge >= 0.3 is 0 Å². The van der Waals surface area contributed by atoms with Crippen molar-refractivity contribution in [2.24, 2.45) is 0 Å². The van der Waals surface area contributed by atoms with Crippen molar-refractivity contribution in [2.45, 2.75) is 195 Å². The second-order valence-corrected chi connectivity index (χ2v) is 33.5. The van der Waals surface area contributed by atoms with Crippen molar-refractivity contribution in [1.82, 2.24) is 8.75 Å². The first-order valence-electron chi connectivity index (χ1n) is 25.0. The van der Waals surface area contributed by atoms with E-state index in [1.54, 1.807) is 22.7 Å². The average Bonchev–Trinajstić information content (AvgIpc) is 4.06. The molecule has 67 heavy (non-hydrogen) atoms. The molecule has 0 unspecified atom stereocenters. The Morgan fingerprint density at radius 2 is 0.672 bits per heavy atom. The van der Waals surface area contributed by atoms with Crippen LogP contribution in [0, 0.1) is 70.3 Å². The molecule has 0 aliphatic rings. The molecule has 2 nitrogen and oxygen atoms in total. The van der Waals surface area contributed by atoms with Crippen LogP contribution >= 0.6 is 34.4 Å². The van der Waals surface area contributed by atoms with E-state index in [-0.39, 0.29) is 0 Å². The normalized spacial score (nSPS) is 12.3. The fourth-order valence-electron chi connectivity index (χ4n) is 9.93. The van der Waals surface area contributed by atoms with Gasteiger partial charge in [-0.1, -0.05) is 196 Å². The maximum absolute atomic E-state index is 4.73. The first kappa shape index (κ1) is 55.3. The van der Waals surface area contributed by atoms with Gasteiger partial charge in [0.05, 0.1) is 42.4 Å². The summed E-state index contributed by atoms with van der Waals surface area (Å²) >= 11 is 4.62. The summed E-state index contributed by atoms with van der Waals surface area (Å²) in [5.41, 5.74) is 19.2. The van der Waals surface area contributed by atoms with E-state index in [0.717, 1.165) is 115 Å². The molecule has 352 valence electrons. The number of nitrogens with zero attached hydrogens (tertiary/aromatic N) is 2. The van der Waals surface area contributed by atoms with Crippen molar-refractivity contribution in [3.8, 4) is 70.3 Å². The van der Waals surface area contributed by atoms with Crippen LogP contribution in [0.5, 0.6) is 0 Å². The van der Waals surface area contributed by atoms with E-state index in [1.807, 2.05) is 0 Å². The number of aromatic nitrogens is 2. The minimum absolute atomic E-state index is 0.606. The number of hydrogen-bond donors (Lipinski definition) is 0. The lowest BCUT2D eigenvalue weighted by atomic mass is 9.99.